The fraction of sp³-hybridized carbons (Fsp3) is 0.0625. The van der Waals surface area contributed by atoms with E-state index in [1.165, 1.54) is 0 Å². The van der Waals surface area contributed by atoms with Crippen molar-refractivity contribution in [1.29, 1.82) is 0 Å². The molecule has 1 unspecified atom stereocenters. The summed E-state index contributed by atoms with van der Waals surface area (Å²) >= 11 is 0. The molecule has 3 nitrogen and oxygen atoms in total. The van der Waals surface area contributed by atoms with Crippen molar-refractivity contribution in [3.05, 3.63) is 65.9 Å². The first-order valence-electron chi connectivity index (χ1n) is 6.28. The van der Waals surface area contributed by atoms with Crippen LogP contribution in [0.15, 0.2) is 54.7 Å². The summed E-state index contributed by atoms with van der Waals surface area (Å²) in [6.07, 6.45) is 5.95. The van der Waals surface area contributed by atoms with Gasteiger partial charge < -0.3 is 4.74 Å². The first kappa shape index (κ1) is 10.4. The molecule has 19 heavy (non-hydrogen) atoms. The molecule has 0 fully saturated rings. The van der Waals surface area contributed by atoms with Gasteiger partial charge in [0.15, 0.2) is 0 Å². The van der Waals surface area contributed by atoms with Gasteiger partial charge >= 0.3 is 0 Å². The van der Waals surface area contributed by atoms with Gasteiger partial charge in [-0.2, -0.15) is 5.10 Å². The van der Waals surface area contributed by atoms with E-state index < -0.39 is 0 Å². The van der Waals surface area contributed by atoms with Crippen molar-refractivity contribution in [2.24, 2.45) is 0 Å². The molecule has 0 radical (unpaired) electrons. The fourth-order valence-electron chi connectivity index (χ4n) is 2.49. The minimum atomic E-state index is -0.0703. The minimum Gasteiger partial charge on any atom is -0.481 e. The minimum absolute atomic E-state index is 0.0703. The molecule has 1 aliphatic rings. The van der Waals surface area contributed by atoms with Gasteiger partial charge in [0, 0.05) is 16.5 Å². The van der Waals surface area contributed by atoms with E-state index in [1.54, 1.807) is 0 Å². The Morgan fingerprint density at radius 1 is 1.05 bits per heavy atom. The number of hydrogen-bond donors (Lipinski definition) is 1. The highest BCUT2D eigenvalue weighted by Gasteiger charge is 2.18. The maximum Gasteiger partial charge on any atom is 0.144 e. The number of ether oxygens (including phenoxy) is 1. The van der Waals surface area contributed by atoms with Gasteiger partial charge in [0.2, 0.25) is 0 Å². The topological polar surface area (TPSA) is 37.9 Å². The van der Waals surface area contributed by atoms with Crippen LogP contribution in [0.5, 0.6) is 5.75 Å². The summed E-state index contributed by atoms with van der Waals surface area (Å²) in [4.78, 5) is 0. The third kappa shape index (κ3) is 1.63. The van der Waals surface area contributed by atoms with Crippen LogP contribution in [0.3, 0.4) is 0 Å². The van der Waals surface area contributed by atoms with E-state index in [-0.39, 0.29) is 6.10 Å². The van der Waals surface area contributed by atoms with Crippen molar-refractivity contribution in [2.75, 3.05) is 0 Å². The number of nitrogens with one attached hydrogen (secondary N) is 1. The molecule has 1 aliphatic heterocycles. The van der Waals surface area contributed by atoms with Gasteiger partial charge in [0.05, 0.1) is 11.7 Å². The Labute approximate surface area is 110 Å². The van der Waals surface area contributed by atoms with Crippen molar-refractivity contribution in [3.63, 3.8) is 0 Å². The van der Waals surface area contributed by atoms with Crippen molar-refractivity contribution >= 4 is 17.0 Å². The highest BCUT2D eigenvalue weighted by Crippen LogP contribution is 2.34. The predicted octanol–water partition coefficient (Wildman–Crippen LogP) is 3.71. The van der Waals surface area contributed by atoms with Gasteiger partial charge in [-0.05, 0) is 12.1 Å². The molecule has 0 spiro atoms. The fourth-order valence-corrected chi connectivity index (χ4v) is 2.49. The van der Waals surface area contributed by atoms with Gasteiger partial charge in [-0.25, -0.2) is 0 Å². The van der Waals surface area contributed by atoms with Crippen molar-refractivity contribution in [3.8, 4) is 5.75 Å². The second-order valence-electron chi connectivity index (χ2n) is 4.62. The Morgan fingerprint density at radius 2 is 2.00 bits per heavy atom. The van der Waals surface area contributed by atoms with Crippen molar-refractivity contribution in [2.45, 2.75) is 6.10 Å². The van der Waals surface area contributed by atoms with Crippen LogP contribution in [0.1, 0.15) is 17.2 Å². The third-order valence-electron chi connectivity index (χ3n) is 3.44. The van der Waals surface area contributed by atoms with Crippen LogP contribution >= 0.6 is 0 Å². The second kappa shape index (κ2) is 3.99. The van der Waals surface area contributed by atoms with Gasteiger partial charge in [-0.3, -0.25) is 5.10 Å². The molecule has 2 aromatic carbocycles. The molecule has 3 heteroatoms. The molecule has 0 aliphatic carbocycles. The summed E-state index contributed by atoms with van der Waals surface area (Å²) in [5, 5.41) is 8.25. The zero-order valence-corrected chi connectivity index (χ0v) is 10.2. The molecule has 1 N–H and O–H groups in total. The normalized spacial score (nSPS) is 17.2. The quantitative estimate of drug-likeness (QED) is 0.712. The van der Waals surface area contributed by atoms with E-state index in [2.05, 4.69) is 34.5 Å². The molecule has 3 aromatic rings. The Balaban J connectivity index is 1.81. The maximum atomic E-state index is 6.06. The van der Waals surface area contributed by atoms with Gasteiger partial charge in [-0.1, -0.05) is 42.5 Å². The molecule has 2 heterocycles. The number of aromatic nitrogens is 2. The first-order chi connectivity index (χ1) is 9.42. The van der Waals surface area contributed by atoms with Crippen molar-refractivity contribution < 1.29 is 4.74 Å². The SMILES string of the molecule is C1=CC(c2cccc3cn[nH]c23)Oc2ccccc21. The van der Waals surface area contributed by atoms with E-state index in [0.717, 1.165) is 27.8 Å². The summed E-state index contributed by atoms with van der Waals surface area (Å²) in [5.41, 5.74) is 3.27. The summed E-state index contributed by atoms with van der Waals surface area (Å²) in [6, 6.07) is 14.2. The monoisotopic (exact) mass is 248 g/mol. The molecule has 0 bridgehead atoms. The number of H-pyrrole nitrogens is 1. The number of benzene rings is 2. The van der Waals surface area contributed by atoms with E-state index in [9.17, 15) is 0 Å². The largest absolute Gasteiger partial charge is 0.481 e. The number of para-hydroxylation sites is 2. The molecular formula is C16H12N2O. The molecule has 4 rings (SSSR count). The van der Waals surface area contributed by atoms with Crippen LogP contribution in [-0.4, -0.2) is 10.2 Å². The second-order valence-corrected chi connectivity index (χ2v) is 4.62. The van der Waals surface area contributed by atoms with E-state index in [1.807, 2.05) is 36.5 Å². The Morgan fingerprint density at radius 3 is 3.00 bits per heavy atom. The third-order valence-corrected chi connectivity index (χ3v) is 3.44. The van der Waals surface area contributed by atoms with E-state index in [0.29, 0.717) is 0 Å². The lowest BCUT2D eigenvalue weighted by Crippen LogP contribution is -2.09. The number of hydrogen-bond acceptors (Lipinski definition) is 2. The Bertz CT molecular complexity index is 773. The summed E-state index contributed by atoms with van der Waals surface area (Å²) < 4.78 is 6.06. The highest BCUT2D eigenvalue weighted by atomic mass is 16.5. The van der Waals surface area contributed by atoms with Crippen molar-refractivity contribution in [1.82, 2.24) is 10.2 Å². The average molecular weight is 248 g/mol. The van der Waals surface area contributed by atoms with Crippen LogP contribution in [-0.2, 0) is 0 Å². The Kier molecular flexibility index (Phi) is 2.18. The molecule has 1 atom stereocenters. The number of nitrogens with zero attached hydrogens (tertiary/aromatic N) is 1. The van der Waals surface area contributed by atoms with Crippen LogP contribution in [0.25, 0.3) is 17.0 Å². The lowest BCUT2D eigenvalue weighted by atomic mass is 10.0. The van der Waals surface area contributed by atoms with Gasteiger partial charge in [0.1, 0.15) is 11.9 Å². The molecular weight excluding hydrogens is 236 g/mol. The smallest absolute Gasteiger partial charge is 0.144 e. The number of aromatic amines is 1. The summed E-state index contributed by atoms with van der Waals surface area (Å²) in [7, 11) is 0. The zero-order chi connectivity index (χ0) is 12.7. The molecule has 0 saturated heterocycles. The molecule has 0 amide bonds. The van der Waals surface area contributed by atoms with E-state index >= 15 is 0 Å². The number of rotatable bonds is 1. The summed E-state index contributed by atoms with van der Waals surface area (Å²) in [6.45, 7) is 0. The summed E-state index contributed by atoms with van der Waals surface area (Å²) in [5.74, 6) is 0.923. The molecule has 1 aromatic heterocycles. The predicted molar refractivity (Wildman–Crippen MR) is 74.9 cm³/mol. The average Bonchev–Trinajstić information content (AvgIpc) is 2.95. The first-order valence-corrected chi connectivity index (χ1v) is 6.28. The lowest BCUT2D eigenvalue weighted by Gasteiger charge is -2.22. The number of fused-ring (bicyclic) bond motifs is 2. The van der Waals surface area contributed by atoms with E-state index in [4.69, 9.17) is 4.74 Å². The highest BCUT2D eigenvalue weighted by molar-refractivity contribution is 5.82. The van der Waals surface area contributed by atoms with Crippen LogP contribution in [0.2, 0.25) is 0 Å². The van der Waals surface area contributed by atoms with Crippen LogP contribution in [0.4, 0.5) is 0 Å². The standard InChI is InChI=1S/C16H12N2O/c1-2-7-14-11(4-1)8-9-15(19-14)13-6-3-5-12-10-17-18-16(12)13/h1-10,15H,(H,17,18). The van der Waals surface area contributed by atoms with Gasteiger partial charge in [0.25, 0.3) is 0 Å². The molecule has 0 saturated carbocycles. The van der Waals surface area contributed by atoms with Crippen LogP contribution < -0.4 is 4.74 Å². The Hall–Kier alpha value is -2.55. The maximum absolute atomic E-state index is 6.06. The zero-order valence-electron chi connectivity index (χ0n) is 10.2. The molecule has 92 valence electrons. The lowest BCUT2D eigenvalue weighted by molar-refractivity contribution is 0.253. The van der Waals surface area contributed by atoms with Gasteiger partial charge in [-0.15, -0.1) is 0 Å². The van der Waals surface area contributed by atoms with Crippen LogP contribution in [0, 0.1) is 0 Å².